The number of carbonyl (C=O) groups is 4. The van der Waals surface area contributed by atoms with Gasteiger partial charge in [0.05, 0.1) is 30.6 Å². The number of nitriles is 1. The van der Waals surface area contributed by atoms with E-state index in [0.29, 0.717) is 55.0 Å². The highest BCUT2D eigenvalue weighted by molar-refractivity contribution is 7.81. The largest absolute Gasteiger partial charge is 0.493 e. The van der Waals surface area contributed by atoms with Gasteiger partial charge in [-0.2, -0.15) is 18.4 Å². The fourth-order valence-corrected chi connectivity index (χ4v) is 7.20. The van der Waals surface area contributed by atoms with Crippen LogP contribution in [0.3, 0.4) is 0 Å². The van der Waals surface area contributed by atoms with Gasteiger partial charge in [-0.3, -0.25) is 34.3 Å². The summed E-state index contributed by atoms with van der Waals surface area (Å²) in [7, 11) is 0. The number of piperidine rings is 2. The molecule has 54 heavy (non-hydrogen) atoms. The molecule has 2 aromatic carbocycles. The van der Waals surface area contributed by atoms with Gasteiger partial charge in [0.2, 0.25) is 17.7 Å². The van der Waals surface area contributed by atoms with Crippen molar-refractivity contribution < 1.29 is 37.1 Å². The number of amides is 4. The highest BCUT2D eigenvalue weighted by atomic mass is 32.1. The molecule has 3 aliphatic rings. The van der Waals surface area contributed by atoms with Crippen molar-refractivity contribution in [2.45, 2.75) is 57.3 Å². The molecule has 3 fully saturated rings. The first-order chi connectivity index (χ1) is 25.6. The number of benzene rings is 2. The molecule has 0 bridgehead atoms. The van der Waals surface area contributed by atoms with Crippen LogP contribution in [-0.2, 0) is 25.4 Å². The van der Waals surface area contributed by atoms with E-state index in [-0.39, 0.29) is 47.4 Å². The van der Waals surface area contributed by atoms with E-state index in [0.717, 1.165) is 23.9 Å². The second-order valence-corrected chi connectivity index (χ2v) is 14.2. The van der Waals surface area contributed by atoms with E-state index in [1.54, 1.807) is 67.3 Å². The van der Waals surface area contributed by atoms with Crippen molar-refractivity contribution in [3.8, 4) is 11.8 Å². The lowest BCUT2D eigenvalue weighted by Gasteiger charge is -2.31. The molecule has 3 aliphatic heterocycles. The maximum atomic E-state index is 13.6. The van der Waals surface area contributed by atoms with E-state index in [2.05, 4.69) is 25.8 Å². The fourth-order valence-electron chi connectivity index (χ4n) is 6.68. The maximum absolute atomic E-state index is 13.6. The van der Waals surface area contributed by atoms with Gasteiger partial charge in [0.15, 0.2) is 10.8 Å². The summed E-state index contributed by atoms with van der Waals surface area (Å²) in [5.74, 6) is -0.517. The molecular formula is C37H37F3N8O5S. The Bertz CT molecular complexity index is 2010. The molecule has 4 heterocycles. The zero-order chi connectivity index (χ0) is 38.8. The molecule has 13 nitrogen and oxygen atoms in total. The van der Waals surface area contributed by atoms with Crippen molar-refractivity contribution in [1.29, 1.82) is 5.26 Å². The molecule has 0 saturated carbocycles. The van der Waals surface area contributed by atoms with Gasteiger partial charge in [0, 0.05) is 23.5 Å². The normalized spacial score (nSPS) is 19.4. The average Bonchev–Trinajstić information content (AvgIpc) is 3.30. The highest BCUT2D eigenvalue weighted by Gasteiger charge is 2.51. The first-order valence-electron chi connectivity index (χ1n) is 17.3. The van der Waals surface area contributed by atoms with Crippen LogP contribution in [-0.4, -0.2) is 76.4 Å². The van der Waals surface area contributed by atoms with Crippen molar-refractivity contribution in [2.24, 2.45) is 5.92 Å². The monoisotopic (exact) mass is 762 g/mol. The molecule has 17 heteroatoms. The third-order valence-corrected chi connectivity index (χ3v) is 9.96. The van der Waals surface area contributed by atoms with Crippen LogP contribution in [0.2, 0.25) is 0 Å². The summed E-state index contributed by atoms with van der Waals surface area (Å²) in [6.45, 7) is 5.33. The highest BCUT2D eigenvalue weighted by Crippen LogP contribution is 2.39. The Morgan fingerprint density at radius 3 is 2.43 bits per heavy atom. The molecule has 4 amide bonds. The second-order valence-electron chi connectivity index (χ2n) is 13.8. The summed E-state index contributed by atoms with van der Waals surface area (Å²) in [5, 5.41) is 17.4. The molecule has 1 unspecified atom stereocenters. The first-order valence-corrected chi connectivity index (χ1v) is 17.7. The third kappa shape index (κ3) is 8.29. The lowest BCUT2D eigenvalue weighted by atomic mass is 9.98. The Balaban J connectivity index is 0.981. The Labute approximate surface area is 314 Å². The molecule has 3 aromatic rings. The Morgan fingerprint density at radius 2 is 1.76 bits per heavy atom. The van der Waals surface area contributed by atoms with Crippen LogP contribution in [0.5, 0.6) is 5.75 Å². The number of hydrogen-bond acceptors (Lipinski definition) is 10. The molecule has 1 aromatic heterocycles. The number of hydrogen-bond donors (Lipinski definition) is 3. The number of pyridine rings is 1. The minimum Gasteiger partial charge on any atom is -0.493 e. The van der Waals surface area contributed by atoms with Gasteiger partial charge in [0.1, 0.15) is 23.4 Å². The number of nitrogens with one attached hydrogen (secondary N) is 3. The van der Waals surface area contributed by atoms with Crippen molar-refractivity contribution in [3.63, 3.8) is 0 Å². The maximum Gasteiger partial charge on any atom is 0.419 e. The number of likely N-dealkylation sites (tertiary alicyclic amines) is 1. The zero-order valence-corrected chi connectivity index (χ0v) is 30.2. The number of aromatic nitrogens is 1. The standard InChI is InChI=1S/C37H37F3N8O5S/c1-36(2)34(52)47(26-17-28(37(38,39)40)30(18-41)42-19-26)35(54)48(36)25-6-8-27(9-7-25)53-21-22-12-14-46(15-13-22)20-32(50)44-24-5-3-4-23(16-24)43-29-10-11-31(49)45-33(29)51/h3-9,16-17,19,22,29,43H,10-15,20-21H2,1-2H3,(H,44,50)(H,45,49,51). The number of anilines is 4. The van der Waals surface area contributed by atoms with Crippen molar-refractivity contribution in [2.75, 3.05) is 46.7 Å². The summed E-state index contributed by atoms with van der Waals surface area (Å²) in [6, 6.07) is 15.6. The van der Waals surface area contributed by atoms with E-state index in [4.69, 9.17) is 22.2 Å². The number of carbonyl (C=O) groups excluding carboxylic acids is 4. The van der Waals surface area contributed by atoms with Crippen LogP contribution in [0.1, 0.15) is 50.8 Å². The minimum absolute atomic E-state index is 0.0333. The minimum atomic E-state index is -4.85. The molecule has 0 spiro atoms. The summed E-state index contributed by atoms with van der Waals surface area (Å²) < 4.78 is 47.0. The Morgan fingerprint density at radius 1 is 1.06 bits per heavy atom. The molecule has 282 valence electrons. The lowest BCUT2D eigenvalue weighted by Crippen LogP contribution is -2.47. The van der Waals surface area contributed by atoms with Gasteiger partial charge in [-0.15, -0.1) is 0 Å². The molecule has 6 rings (SSSR count). The van der Waals surface area contributed by atoms with E-state index >= 15 is 0 Å². The average molecular weight is 763 g/mol. The van der Waals surface area contributed by atoms with Gasteiger partial charge in [-0.25, -0.2) is 4.98 Å². The number of alkyl halides is 3. The summed E-state index contributed by atoms with van der Waals surface area (Å²) in [6.07, 6.45) is -1.52. The Hall–Kier alpha value is -5.60. The number of rotatable bonds is 10. The zero-order valence-electron chi connectivity index (χ0n) is 29.4. The number of halogens is 3. The quantitative estimate of drug-likeness (QED) is 0.192. The Kier molecular flexibility index (Phi) is 10.9. The predicted molar refractivity (Wildman–Crippen MR) is 197 cm³/mol. The SMILES string of the molecule is CC1(C)C(=O)N(c2cnc(C#N)c(C(F)(F)F)c2)C(=S)N1c1ccc(OCC2CCN(CC(=O)Nc3cccc(NC4CCC(=O)NC4=O)c3)CC2)cc1. The van der Waals surface area contributed by atoms with Crippen LogP contribution in [0.4, 0.5) is 35.9 Å². The number of thiocarbonyl (C=S) groups is 1. The number of nitrogens with zero attached hydrogens (tertiary/aromatic N) is 5. The predicted octanol–water partition coefficient (Wildman–Crippen LogP) is 4.84. The molecule has 3 saturated heterocycles. The number of ether oxygens (including phenoxy) is 1. The molecule has 0 radical (unpaired) electrons. The number of imide groups is 1. The van der Waals surface area contributed by atoms with Gasteiger partial charge in [-0.05, 0) is 113 Å². The van der Waals surface area contributed by atoms with Crippen LogP contribution in [0.25, 0.3) is 0 Å². The van der Waals surface area contributed by atoms with Crippen molar-refractivity contribution in [3.05, 3.63) is 72.1 Å². The summed E-state index contributed by atoms with van der Waals surface area (Å²) >= 11 is 5.60. The first kappa shape index (κ1) is 38.1. The van der Waals surface area contributed by atoms with E-state index < -0.39 is 34.9 Å². The van der Waals surface area contributed by atoms with Crippen molar-refractivity contribution >= 4 is 63.7 Å². The smallest absolute Gasteiger partial charge is 0.419 e. The van der Waals surface area contributed by atoms with Gasteiger partial charge in [-0.1, -0.05) is 6.07 Å². The molecular weight excluding hydrogens is 726 g/mol. The summed E-state index contributed by atoms with van der Waals surface area (Å²) in [5.41, 5.74) is -1.70. The lowest BCUT2D eigenvalue weighted by molar-refractivity contribution is -0.138. The van der Waals surface area contributed by atoms with Crippen LogP contribution in [0, 0.1) is 17.2 Å². The second kappa shape index (κ2) is 15.4. The molecule has 0 aliphatic carbocycles. The van der Waals surface area contributed by atoms with Crippen LogP contribution >= 0.6 is 12.2 Å². The van der Waals surface area contributed by atoms with Crippen LogP contribution in [0.15, 0.2) is 60.8 Å². The summed E-state index contributed by atoms with van der Waals surface area (Å²) in [4.78, 5) is 58.1. The van der Waals surface area contributed by atoms with E-state index in [9.17, 15) is 32.3 Å². The van der Waals surface area contributed by atoms with Gasteiger partial charge < -0.3 is 20.3 Å². The van der Waals surface area contributed by atoms with Gasteiger partial charge >= 0.3 is 6.18 Å². The van der Waals surface area contributed by atoms with Crippen LogP contribution < -0.4 is 30.5 Å². The third-order valence-electron chi connectivity index (χ3n) is 9.59. The van der Waals surface area contributed by atoms with E-state index in [1.165, 1.54) is 6.07 Å². The van der Waals surface area contributed by atoms with Gasteiger partial charge in [0.25, 0.3) is 5.91 Å². The van der Waals surface area contributed by atoms with E-state index in [1.807, 2.05) is 0 Å². The molecule has 1 atom stereocenters. The topological polar surface area (TPSA) is 160 Å². The molecule has 3 N–H and O–H groups in total. The van der Waals surface area contributed by atoms with Crippen molar-refractivity contribution in [1.82, 2.24) is 15.2 Å². The fraction of sp³-hybridized carbons (Fsp3) is 0.378.